The first-order valence-electron chi connectivity index (χ1n) is 4.64. The van der Waals surface area contributed by atoms with Crippen molar-refractivity contribution in [2.75, 3.05) is 5.32 Å². The monoisotopic (exact) mass is 356 g/mol. The molecule has 1 heterocycles. The first-order valence-corrected chi connectivity index (χ1v) is 6.09. The second kappa shape index (κ2) is 5.29. The van der Waals surface area contributed by atoms with Crippen LogP contribution in [0.2, 0.25) is 5.02 Å². The Hall–Kier alpha value is -1.39. The average molecular weight is 357 g/mol. The highest BCUT2D eigenvalue weighted by Crippen LogP contribution is 2.25. The lowest BCUT2D eigenvalue weighted by atomic mass is 10.3. The average Bonchev–Trinajstić information content (AvgIpc) is 2.33. The minimum Gasteiger partial charge on any atom is -0.337 e. The molecule has 1 aromatic carbocycles. The van der Waals surface area contributed by atoms with Gasteiger partial charge in [0.1, 0.15) is 6.07 Å². The molecule has 2 aromatic rings. The molecule has 0 aliphatic rings. The standard InChI is InChI=1S/C11H6ClIN4/c12-7-1-2-9(8(13)5-7)17-11-10(6-14)15-3-4-16-11/h1-5H,(H,16,17). The Balaban J connectivity index is 2.35. The van der Waals surface area contributed by atoms with E-state index in [9.17, 15) is 0 Å². The number of rotatable bonds is 2. The summed E-state index contributed by atoms with van der Waals surface area (Å²) in [6.07, 6.45) is 3.02. The number of hydrogen-bond donors (Lipinski definition) is 1. The minimum absolute atomic E-state index is 0.262. The molecule has 0 saturated carbocycles. The molecule has 17 heavy (non-hydrogen) atoms. The van der Waals surface area contributed by atoms with E-state index in [-0.39, 0.29) is 5.69 Å². The van der Waals surface area contributed by atoms with Gasteiger partial charge in [-0.25, -0.2) is 9.97 Å². The van der Waals surface area contributed by atoms with Gasteiger partial charge in [-0.05, 0) is 40.8 Å². The van der Waals surface area contributed by atoms with Crippen LogP contribution in [-0.2, 0) is 0 Å². The topological polar surface area (TPSA) is 61.6 Å². The van der Waals surface area contributed by atoms with E-state index in [1.807, 2.05) is 18.2 Å². The SMILES string of the molecule is N#Cc1nccnc1Nc1ccc(Cl)cc1I. The number of halogens is 2. The molecule has 2 rings (SSSR count). The maximum Gasteiger partial charge on any atom is 0.183 e. The molecule has 4 nitrogen and oxygen atoms in total. The van der Waals surface area contributed by atoms with Gasteiger partial charge >= 0.3 is 0 Å². The number of hydrogen-bond acceptors (Lipinski definition) is 4. The van der Waals surface area contributed by atoms with E-state index in [2.05, 4.69) is 37.9 Å². The Bertz CT molecular complexity index is 594. The van der Waals surface area contributed by atoms with E-state index in [1.165, 1.54) is 12.4 Å². The summed E-state index contributed by atoms with van der Waals surface area (Å²) in [6, 6.07) is 7.41. The highest BCUT2D eigenvalue weighted by atomic mass is 127. The zero-order valence-electron chi connectivity index (χ0n) is 8.48. The maximum atomic E-state index is 8.89. The number of nitriles is 1. The molecule has 0 aliphatic carbocycles. The van der Waals surface area contributed by atoms with E-state index in [0.717, 1.165) is 9.26 Å². The Labute approximate surface area is 117 Å². The lowest BCUT2D eigenvalue weighted by Crippen LogP contribution is -1.99. The van der Waals surface area contributed by atoms with Crippen molar-refractivity contribution in [3.63, 3.8) is 0 Å². The summed E-state index contributed by atoms with van der Waals surface area (Å²) in [5, 5.41) is 12.6. The van der Waals surface area contributed by atoms with Crippen molar-refractivity contribution in [1.82, 2.24) is 9.97 Å². The van der Waals surface area contributed by atoms with Crippen LogP contribution in [0.25, 0.3) is 0 Å². The summed E-state index contributed by atoms with van der Waals surface area (Å²) in [6.45, 7) is 0. The molecule has 0 radical (unpaired) electrons. The molecule has 0 unspecified atom stereocenters. The number of anilines is 2. The lowest BCUT2D eigenvalue weighted by molar-refractivity contribution is 1.16. The van der Waals surface area contributed by atoms with E-state index in [1.54, 1.807) is 6.07 Å². The van der Waals surface area contributed by atoms with Gasteiger partial charge in [-0.2, -0.15) is 5.26 Å². The van der Waals surface area contributed by atoms with Gasteiger partial charge in [-0.1, -0.05) is 11.6 Å². The van der Waals surface area contributed by atoms with E-state index in [4.69, 9.17) is 16.9 Å². The summed E-state index contributed by atoms with van der Waals surface area (Å²) in [4.78, 5) is 8.00. The Morgan fingerprint density at radius 2 is 2.06 bits per heavy atom. The number of benzene rings is 1. The van der Waals surface area contributed by atoms with Crippen LogP contribution in [0.1, 0.15) is 5.69 Å². The van der Waals surface area contributed by atoms with Crippen molar-refractivity contribution < 1.29 is 0 Å². The van der Waals surface area contributed by atoms with Gasteiger partial charge < -0.3 is 5.32 Å². The fourth-order valence-electron chi connectivity index (χ4n) is 1.23. The molecule has 0 fully saturated rings. The molecule has 6 heteroatoms. The summed E-state index contributed by atoms with van der Waals surface area (Å²) in [5.41, 5.74) is 1.10. The van der Waals surface area contributed by atoms with Crippen LogP contribution in [0.4, 0.5) is 11.5 Å². The van der Waals surface area contributed by atoms with Crippen LogP contribution in [0.5, 0.6) is 0 Å². The number of aromatic nitrogens is 2. The molecular weight excluding hydrogens is 351 g/mol. The van der Waals surface area contributed by atoms with Gasteiger partial charge in [0.25, 0.3) is 0 Å². The summed E-state index contributed by atoms with van der Waals surface area (Å²) < 4.78 is 0.949. The van der Waals surface area contributed by atoms with Crippen LogP contribution in [-0.4, -0.2) is 9.97 Å². The van der Waals surface area contributed by atoms with Gasteiger partial charge in [-0.3, -0.25) is 0 Å². The smallest absolute Gasteiger partial charge is 0.183 e. The molecule has 1 aromatic heterocycles. The van der Waals surface area contributed by atoms with Crippen molar-refractivity contribution in [2.24, 2.45) is 0 Å². The predicted molar refractivity (Wildman–Crippen MR) is 74.2 cm³/mol. The van der Waals surface area contributed by atoms with Crippen LogP contribution in [0.3, 0.4) is 0 Å². The maximum absolute atomic E-state index is 8.89. The largest absolute Gasteiger partial charge is 0.337 e. The van der Waals surface area contributed by atoms with Crippen LogP contribution in [0, 0.1) is 14.9 Å². The fraction of sp³-hybridized carbons (Fsp3) is 0. The second-order valence-electron chi connectivity index (χ2n) is 3.11. The van der Waals surface area contributed by atoms with Crippen molar-refractivity contribution in [2.45, 2.75) is 0 Å². The molecule has 0 saturated heterocycles. The quantitative estimate of drug-likeness (QED) is 0.838. The summed E-state index contributed by atoms with van der Waals surface area (Å²) in [5.74, 6) is 0.440. The number of nitrogens with one attached hydrogen (secondary N) is 1. The predicted octanol–water partition coefficient (Wildman–Crippen LogP) is 3.35. The summed E-state index contributed by atoms with van der Waals surface area (Å²) >= 11 is 8.02. The Morgan fingerprint density at radius 1 is 1.29 bits per heavy atom. The van der Waals surface area contributed by atoms with E-state index >= 15 is 0 Å². The van der Waals surface area contributed by atoms with Crippen molar-refractivity contribution >= 4 is 45.7 Å². The van der Waals surface area contributed by atoms with Crippen LogP contribution in [0.15, 0.2) is 30.6 Å². The third-order valence-electron chi connectivity index (χ3n) is 1.99. The second-order valence-corrected chi connectivity index (χ2v) is 4.71. The normalized spacial score (nSPS) is 9.71. The first-order chi connectivity index (χ1) is 8.20. The fourth-order valence-corrected chi connectivity index (χ4v) is 2.24. The third-order valence-corrected chi connectivity index (χ3v) is 3.12. The Kier molecular flexibility index (Phi) is 3.76. The highest BCUT2D eigenvalue weighted by molar-refractivity contribution is 14.1. The lowest BCUT2D eigenvalue weighted by Gasteiger charge is -2.08. The molecular formula is C11H6ClIN4. The molecule has 0 atom stereocenters. The van der Waals surface area contributed by atoms with Crippen molar-refractivity contribution in [3.05, 3.63) is 44.9 Å². The van der Waals surface area contributed by atoms with Crippen molar-refractivity contribution in [1.29, 1.82) is 5.26 Å². The first kappa shape index (κ1) is 12.1. The van der Waals surface area contributed by atoms with Crippen LogP contribution >= 0.6 is 34.2 Å². The molecule has 1 N–H and O–H groups in total. The number of nitrogens with zero attached hydrogens (tertiary/aromatic N) is 3. The van der Waals surface area contributed by atoms with E-state index < -0.39 is 0 Å². The van der Waals surface area contributed by atoms with Crippen molar-refractivity contribution in [3.8, 4) is 6.07 Å². The van der Waals surface area contributed by atoms with Gasteiger partial charge in [-0.15, -0.1) is 0 Å². The van der Waals surface area contributed by atoms with Gasteiger partial charge in [0.05, 0.1) is 5.69 Å². The summed E-state index contributed by atoms with van der Waals surface area (Å²) in [7, 11) is 0. The molecule has 84 valence electrons. The van der Waals surface area contributed by atoms with Gasteiger partial charge in [0.15, 0.2) is 11.5 Å². The van der Waals surface area contributed by atoms with Crippen LogP contribution < -0.4 is 5.32 Å². The molecule has 0 aliphatic heterocycles. The van der Waals surface area contributed by atoms with Gasteiger partial charge in [0.2, 0.25) is 0 Å². The molecule has 0 spiro atoms. The third kappa shape index (κ3) is 2.84. The van der Waals surface area contributed by atoms with E-state index in [0.29, 0.717) is 10.8 Å². The minimum atomic E-state index is 0.262. The zero-order valence-corrected chi connectivity index (χ0v) is 11.4. The molecule has 0 bridgehead atoms. The highest BCUT2D eigenvalue weighted by Gasteiger charge is 2.06. The molecule has 0 amide bonds. The zero-order chi connectivity index (χ0) is 12.3. The Morgan fingerprint density at radius 3 is 2.76 bits per heavy atom. The van der Waals surface area contributed by atoms with Gasteiger partial charge in [0, 0.05) is 21.0 Å².